The lowest BCUT2D eigenvalue weighted by Crippen LogP contribution is -1.87. The van der Waals surface area contributed by atoms with Gasteiger partial charge in [0, 0.05) is 0 Å². The van der Waals surface area contributed by atoms with Crippen molar-refractivity contribution in [3.63, 3.8) is 0 Å². The Kier molecular flexibility index (Phi) is 1.80. The van der Waals surface area contributed by atoms with Gasteiger partial charge in [0.25, 0.3) is 0 Å². The van der Waals surface area contributed by atoms with Crippen molar-refractivity contribution >= 4 is 0 Å². The Morgan fingerprint density at radius 3 is 2.75 bits per heavy atom. The lowest BCUT2D eigenvalue weighted by Gasteiger charge is -2.02. The average Bonchev–Trinajstić information content (AvgIpc) is 2.81. The molecule has 1 fully saturated rings. The second-order valence-corrected chi connectivity index (χ2v) is 3.77. The lowest BCUT2D eigenvalue weighted by atomic mass is 10.1. The summed E-state index contributed by atoms with van der Waals surface area (Å²) in [4.78, 5) is 0. The molecule has 1 aliphatic rings. The summed E-state index contributed by atoms with van der Waals surface area (Å²) < 4.78 is 0. The van der Waals surface area contributed by atoms with Crippen LogP contribution in [0.5, 0.6) is 5.75 Å². The van der Waals surface area contributed by atoms with Gasteiger partial charge in [0.1, 0.15) is 5.75 Å². The number of phenolic OH excluding ortho intramolecular Hbond substituents is 1. The van der Waals surface area contributed by atoms with Gasteiger partial charge in [-0.25, -0.2) is 0 Å². The van der Waals surface area contributed by atoms with Crippen molar-refractivity contribution in [2.24, 2.45) is 5.92 Å². The highest BCUT2D eigenvalue weighted by Gasteiger charge is 2.21. The van der Waals surface area contributed by atoms with Crippen molar-refractivity contribution in [1.82, 2.24) is 0 Å². The third-order valence-corrected chi connectivity index (χ3v) is 2.48. The SMILES string of the molecule is Cc1cc(CC2CC2)ccc1O. The molecular formula is C11H14O. The summed E-state index contributed by atoms with van der Waals surface area (Å²) in [5.41, 5.74) is 2.36. The van der Waals surface area contributed by atoms with Crippen molar-refractivity contribution in [3.8, 4) is 5.75 Å². The molecule has 1 nitrogen and oxygen atoms in total. The molecule has 0 amide bonds. The van der Waals surface area contributed by atoms with Crippen molar-refractivity contribution in [2.75, 3.05) is 0 Å². The van der Waals surface area contributed by atoms with Gasteiger partial charge in [-0.05, 0) is 49.3 Å². The summed E-state index contributed by atoms with van der Waals surface area (Å²) in [6.45, 7) is 1.95. The van der Waals surface area contributed by atoms with E-state index in [9.17, 15) is 5.11 Å². The number of hydrogen-bond acceptors (Lipinski definition) is 1. The van der Waals surface area contributed by atoms with Gasteiger partial charge in [-0.2, -0.15) is 0 Å². The van der Waals surface area contributed by atoms with Crippen LogP contribution in [0.4, 0.5) is 0 Å². The standard InChI is InChI=1S/C11H14O/c1-8-6-10(4-5-11(8)12)7-9-2-3-9/h4-6,9,12H,2-3,7H2,1H3. The molecule has 0 radical (unpaired) electrons. The van der Waals surface area contributed by atoms with E-state index in [0.29, 0.717) is 5.75 Å². The van der Waals surface area contributed by atoms with Crippen molar-refractivity contribution < 1.29 is 5.11 Å². The predicted octanol–water partition coefficient (Wildman–Crippen LogP) is 2.65. The van der Waals surface area contributed by atoms with E-state index < -0.39 is 0 Å². The highest BCUT2D eigenvalue weighted by Crippen LogP contribution is 2.33. The molecule has 1 saturated carbocycles. The maximum absolute atomic E-state index is 9.29. The van der Waals surface area contributed by atoms with Gasteiger partial charge < -0.3 is 5.11 Å². The van der Waals surface area contributed by atoms with E-state index in [-0.39, 0.29) is 0 Å². The van der Waals surface area contributed by atoms with Crippen LogP contribution < -0.4 is 0 Å². The summed E-state index contributed by atoms with van der Waals surface area (Å²) in [5.74, 6) is 1.34. The highest BCUT2D eigenvalue weighted by molar-refractivity contribution is 5.35. The van der Waals surface area contributed by atoms with Crippen LogP contribution in [-0.2, 0) is 6.42 Å². The molecule has 0 aliphatic heterocycles. The molecule has 1 aromatic rings. The molecular weight excluding hydrogens is 148 g/mol. The summed E-state index contributed by atoms with van der Waals surface area (Å²) in [6, 6.07) is 5.92. The maximum Gasteiger partial charge on any atom is 0.118 e. The zero-order chi connectivity index (χ0) is 8.55. The highest BCUT2D eigenvalue weighted by atomic mass is 16.3. The fourth-order valence-electron chi connectivity index (χ4n) is 1.50. The van der Waals surface area contributed by atoms with Gasteiger partial charge in [-0.3, -0.25) is 0 Å². The van der Waals surface area contributed by atoms with Crippen LogP contribution in [0.3, 0.4) is 0 Å². The average molecular weight is 162 g/mol. The Bertz CT molecular complexity index is 287. The molecule has 0 heterocycles. The van der Waals surface area contributed by atoms with Crippen molar-refractivity contribution in [2.45, 2.75) is 26.2 Å². The van der Waals surface area contributed by atoms with Crippen LogP contribution in [0.25, 0.3) is 0 Å². The predicted molar refractivity (Wildman–Crippen MR) is 49.3 cm³/mol. The zero-order valence-corrected chi connectivity index (χ0v) is 7.38. The molecule has 0 unspecified atom stereocenters. The van der Waals surface area contributed by atoms with Crippen LogP contribution >= 0.6 is 0 Å². The van der Waals surface area contributed by atoms with E-state index in [4.69, 9.17) is 0 Å². The molecule has 2 rings (SSSR count). The summed E-state index contributed by atoms with van der Waals surface area (Å²) in [6.07, 6.45) is 3.97. The van der Waals surface area contributed by atoms with Crippen molar-refractivity contribution in [1.29, 1.82) is 0 Å². The molecule has 1 N–H and O–H groups in total. The Morgan fingerprint density at radius 1 is 1.42 bits per heavy atom. The van der Waals surface area contributed by atoms with Crippen LogP contribution in [0.15, 0.2) is 18.2 Å². The third-order valence-electron chi connectivity index (χ3n) is 2.48. The normalized spacial score (nSPS) is 16.4. The smallest absolute Gasteiger partial charge is 0.118 e. The van der Waals surface area contributed by atoms with Crippen molar-refractivity contribution in [3.05, 3.63) is 29.3 Å². The first kappa shape index (κ1) is 7.66. The fourth-order valence-corrected chi connectivity index (χ4v) is 1.50. The Hall–Kier alpha value is -0.980. The summed E-state index contributed by atoms with van der Waals surface area (Å²) in [5, 5.41) is 9.29. The largest absolute Gasteiger partial charge is 0.508 e. The number of hydrogen-bond donors (Lipinski definition) is 1. The van der Waals surface area contributed by atoms with Crippen LogP contribution in [-0.4, -0.2) is 5.11 Å². The van der Waals surface area contributed by atoms with E-state index in [1.807, 2.05) is 13.0 Å². The van der Waals surface area contributed by atoms with Gasteiger partial charge in [0.05, 0.1) is 0 Å². The van der Waals surface area contributed by atoms with Crippen LogP contribution in [0.2, 0.25) is 0 Å². The minimum Gasteiger partial charge on any atom is -0.508 e. The van der Waals surface area contributed by atoms with Gasteiger partial charge in [0.15, 0.2) is 0 Å². The van der Waals surface area contributed by atoms with E-state index >= 15 is 0 Å². The lowest BCUT2D eigenvalue weighted by molar-refractivity contribution is 0.471. The van der Waals surface area contributed by atoms with Gasteiger partial charge in [-0.1, -0.05) is 12.1 Å². The Labute approximate surface area is 73.0 Å². The second-order valence-electron chi connectivity index (χ2n) is 3.77. The molecule has 0 bridgehead atoms. The first-order valence-corrected chi connectivity index (χ1v) is 4.54. The number of aromatic hydroxyl groups is 1. The molecule has 1 aliphatic carbocycles. The van der Waals surface area contributed by atoms with Gasteiger partial charge >= 0.3 is 0 Å². The quantitative estimate of drug-likeness (QED) is 0.708. The van der Waals surface area contributed by atoms with Gasteiger partial charge in [-0.15, -0.1) is 0 Å². The zero-order valence-electron chi connectivity index (χ0n) is 7.38. The summed E-state index contributed by atoms with van der Waals surface area (Å²) >= 11 is 0. The van der Waals surface area contributed by atoms with E-state index in [0.717, 1.165) is 11.5 Å². The number of aryl methyl sites for hydroxylation is 1. The Morgan fingerprint density at radius 2 is 2.17 bits per heavy atom. The van der Waals surface area contributed by atoms with Gasteiger partial charge in [0.2, 0.25) is 0 Å². The fraction of sp³-hybridized carbons (Fsp3) is 0.455. The molecule has 1 aromatic carbocycles. The second kappa shape index (κ2) is 2.81. The number of rotatable bonds is 2. The molecule has 0 saturated heterocycles. The summed E-state index contributed by atoms with van der Waals surface area (Å²) in [7, 11) is 0. The van der Waals surface area contributed by atoms with E-state index in [1.54, 1.807) is 6.07 Å². The monoisotopic (exact) mass is 162 g/mol. The molecule has 0 aromatic heterocycles. The molecule has 0 atom stereocenters. The minimum atomic E-state index is 0.412. The maximum atomic E-state index is 9.29. The Balaban J connectivity index is 2.15. The first-order valence-electron chi connectivity index (χ1n) is 4.54. The van der Waals surface area contributed by atoms with Crippen LogP contribution in [0.1, 0.15) is 24.0 Å². The van der Waals surface area contributed by atoms with Crippen LogP contribution in [0, 0.1) is 12.8 Å². The minimum absolute atomic E-state index is 0.412. The molecule has 0 spiro atoms. The third kappa shape index (κ3) is 1.60. The first-order chi connectivity index (χ1) is 5.75. The number of phenols is 1. The molecule has 1 heteroatoms. The van der Waals surface area contributed by atoms with E-state index in [2.05, 4.69) is 6.07 Å². The number of benzene rings is 1. The topological polar surface area (TPSA) is 20.2 Å². The molecule has 64 valence electrons. The molecule has 12 heavy (non-hydrogen) atoms. The van der Waals surface area contributed by atoms with E-state index in [1.165, 1.54) is 24.8 Å².